The van der Waals surface area contributed by atoms with Gasteiger partial charge in [-0.3, -0.25) is 9.59 Å². The topological polar surface area (TPSA) is 63.4 Å². The number of hydrogen-bond donors (Lipinski definition) is 1. The third-order valence-electron chi connectivity index (χ3n) is 2.92. The average Bonchev–Trinajstić information content (AvgIpc) is 2.30. The fraction of sp³-hybridized carbons (Fsp3) is 0.333. The summed E-state index contributed by atoms with van der Waals surface area (Å²) < 4.78 is 12.8. The zero-order valence-electron chi connectivity index (χ0n) is 9.23. The first-order chi connectivity index (χ1) is 8.09. The lowest BCUT2D eigenvalue weighted by atomic mass is 9.96. The molecule has 2 rings (SSSR count). The van der Waals surface area contributed by atoms with E-state index in [0.29, 0.717) is 18.7 Å². The molecule has 0 aromatic heterocycles. The summed E-state index contributed by atoms with van der Waals surface area (Å²) in [5.41, 5.74) is 5.77. The van der Waals surface area contributed by atoms with Crippen molar-refractivity contribution in [2.45, 2.75) is 12.8 Å². The molecular weight excluding hydrogens is 223 g/mol. The molecule has 1 aromatic rings. The van der Waals surface area contributed by atoms with Crippen molar-refractivity contribution in [1.29, 1.82) is 0 Å². The van der Waals surface area contributed by atoms with Crippen LogP contribution in [0.5, 0.6) is 0 Å². The Labute approximate surface area is 98.2 Å². The number of nitrogens with two attached hydrogens (primary N) is 1. The monoisotopic (exact) mass is 236 g/mol. The number of halogens is 1. The minimum Gasteiger partial charge on any atom is -0.369 e. The molecule has 2 N–H and O–H groups in total. The summed E-state index contributed by atoms with van der Waals surface area (Å²) >= 11 is 0. The first-order valence-electron chi connectivity index (χ1n) is 5.46. The van der Waals surface area contributed by atoms with Gasteiger partial charge in [0.2, 0.25) is 11.8 Å². The van der Waals surface area contributed by atoms with Gasteiger partial charge in [-0.05, 0) is 37.1 Å². The minimum atomic E-state index is -0.756. The van der Waals surface area contributed by atoms with Gasteiger partial charge < -0.3 is 10.6 Å². The summed E-state index contributed by atoms with van der Waals surface area (Å²) in [5.74, 6) is -2.00. The number of amides is 2. The van der Waals surface area contributed by atoms with E-state index in [-0.39, 0.29) is 11.7 Å². The maximum Gasteiger partial charge on any atom is 0.239 e. The van der Waals surface area contributed by atoms with E-state index < -0.39 is 11.8 Å². The third kappa shape index (κ3) is 2.27. The highest BCUT2D eigenvalue weighted by molar-refractivity contribution is 6.07. The second kappa shape index (κ2) is 4.53. The van der Waals surface area contributed by atoms with Gasteiger partial charge in [-0.2, -0.15) is 0 Å². The van der Waals surface area contributed by atoms with Gasteiger partial charge in [-0.1, -0.05) is 0 Å². The Balaban J connectivity index is 2.23. The van der Waals surface area contributed by atoms with Gasteiger partial charge in [0.1, 0.15) is 11.7 Å². The predicted molar refractivity (Wildman–Crippen MR) is 60.7 cm³/mol. The number of anilines is 1. The number of rotatable bonds is 2. The van der Waals surface area contributed by atoms with Crippen molar-refractivity contribution in [3.63, 3.8) is 0 Å². The fourth-order valence-corrected chi connectivity index (χ4v) is 2.02. The van der Waals surface area contributed by atoms with Crippen LogP contribution in [0.1, 0.15) is 12.8 Å². The number of carbonyl (C=O) groups is 2. The normalized spacial score (nSPS) is 20.4. The van der Waals surface area contributed by atoms with Crippen LogP contribution < -0.4 is 10.6 Å². The lowest BCUT2D eigenvalue weighted by Crippen LogP contribution is -2.46. The van der Waals surface area contributed by atoms with Crippen LogP contribution in [-0.4, -0.2) is 18.4 Å². The second-order valence-electron chi connectivity index (χ2n) is 4.06. The van der Waals surface area contributed by atoms with Crippen LogP contribution in [0, 0.1) is 11.7 Å². The van der Waals surface area contributed by atoms with Crippen molar-refractivity contribution in [2.24, 2.45) is 11.7 Å². The van der Waals surface area contributed by atoms with Gasteiger partial charge in [-0.15, -0.1) is 0 Å². The number of carbonyl (C=O) groups excluding carboxylic acids is 2. The Morgan fingerprint density at radius 1 is 1.35 bits per heavy atom. The second-order valence-corrected chi connectivity index (χ2v) is 4.06. The fourth-order valence-electron chi connectivity index (χ4n) is 2.02. The van der Waals surface area contributed by atoms with Gasteiger partial charge >= 0.3 is 0 Å². The van der Waals surface area contributed by atoms with Gasteiger partial charge in [-0.25, -0.2) is 4.39 Å². The van der Waals surface area contributed by atoms with E-state index >= 15 is 0 Å². The van der Waals surface area contributed by atoms with E-state index in [0.717, 1.165) is 6.42 Å². The maximum atomic E-state index is 12.8. The number of nitrogens with zero attached hydrogens (tertiary/aromatic N) is 1. The molecule has 1 aliphatic heterocycles. The molecule has 1 fully saturated rings. The molecule has 1 saturated heterocycles. The van der Waals surface area contributed by atoms with Crippen LogP contribution in [0.2, 0.25) is 0 Å². The number of hydrogen-bond acceptors (Lipinski definition) is 2. The quantitative estimate of drug-likeness (QED) is 0.780. The lowest BCUT2D eigenvalue weighted by molar-refractivity contribution is -0.133. The van der Waals surface area contributed by atoms with Crippen LogP contribution in [0.4, 0.5) is 10.1 Å². The van der Waals surface area contributed by atoms with Crippen LogP contribution in [0.25, 0.3) is 0 Å². The Kier molecular flexibility index (Phi) is 3.08. The highest BCUT2D eigenvalue weighted by Gasteiger charge is 2.33. The molecular formula is C12H13FN2O2. The van der Waals surface area contributed by atoms with Crippen LogP contribution in [0.3, 0.4) is 0 Å². The highest BCUT2D eigenvalue weighted by atomic mass is 19.1. The summed E-state index contributed by atoms with van der Waals surface area (Å²) in [7, 11) is 0. The molecule has 0 radical (unpaired) electrons. The zero-order chi connectivity index (χ0) is 12.4. The van der Waals surface area contributed by atoms with Crippen molar-refractivity contribution < 1.29 is 14.0 Å². The van der Waals surface area contributed by atoms with E-state index in [1.807, 2.05) is 0 Å². The molecule has 4 nitrogen and oxygen atoms in total. The van der Waals surface area contributed by atoms with E-state index in [1.54, 1.807) is 0 Å². The molecule has 5 heteroatoms. The summed E-state index contributed by atoms with van der Waals surface area (Å²) in [4.78, 5) is 24.6. The minimum absolute atomic E-state index is 0.296. The van der Waals surface area contributed by atoms with Gasteiger partial charge in [0.05, 0.1) is 0 Å². The SMILES string of the molecule is NC(=O)C1CCCN(c2ccc(F)cc2)C1=O. The Bertz CT molecular complexity index is 444. The summed E-state index contributed by atoms with van der Waals surface area (Å²) in [5, 5.41) is 0. The van der Waals surface area contributed by atoms with Gasteiger partial charge in [0.25, 0.3) is 0 Å². The summed E-state index contributed by atoms with van der Waals surface area (Å²) in [6, 6.07) is 5.63. The Morgan fingerprint density at radius 3 is 2.59 bits per heavy atom. The molecule has 0 bridgehead atoms. The number of primary amides is 1. The van der Waals surface area contributed by atoms with Crippen LogP contribution in [-0.2, 0) is 9.59 Å². The summed E-state index contributed by atoms with van der Waals surface area (Å²) in [6.07, 6.45) is 1.21. The van der Waals surface area contributed by atoms with Crippen LogP contribution in [0.15, 0.2) is 24.3 Å². The van der Waals surface area contributed by atoms with E-state index in [2.05, 4.69) is 0 Å². The van der Waals surface area contributed by atoms with E-state index in [9.17, 15) is 14.0 Å². The molecule has 90 valence electrons. The molecule has 1 unspecified atom stereocenters. The largest absolute Gasteiger partial charge is 0.369 e. The van der Waals surface area contributed by atoms with E-state index in [4.69, 9.17) is 5.73 Å². The standard InChI is InChI=1S/C12H13FN2O2/c13-8-3-5-9(6-4-8)15-7-1-2-10(11(14)16)12(15)17/h3-6,10H,1-2,7H2,(H2,14,16). The Hall–Kier alpha value is -1.91. The number of piperidine rings is 1. The molecule has 17 heavy (non-hydrogen) atoms. The maximum absolute atomic E-state index is 12.8. The van der Waals surface area contributed by atoms with Crippen molar-refractivity contribution in [3.05, 3.63) is 30.1 Å². The Morgan fingerprint density at radius 2 is 2.00 bits per heavy atom. The zero-order valence-corrected chi connectivity index (χ0v) is 9.23. The smallest absolute Gasteiger partial charge is 0.239 e. The van der Waals surface area contributed by atoms with Gasteiger partial charge in [0, 0.05) is 12.2 Å². The molecule has 0 aliphatic carbocycles. The highest BCUT2D eigenvalue weighted by Crippen LogP contribution is 2.24. The van der Waals surface area contributed by atoms with Gasteiger partial charge in [0.15, 0.2) is 0 Å². The molecule has 1 heterocycles. The van der Waals surface area contributed by atoms with Crippen molar-refractivity contribution >= 4 is 17.5 Å². The molecule has 1 aromatic carbocycles. The molecule has 2 amide bonds. The lowest BCUT2D eigenvalue weighted by Gasteiger charge is -2.30. The number of benzene rings is 1. The first kappa shape index (κ1) is 11.6. The first-order valence-corrected chi connectivity index (χ1v) is 5.46. The van der Waals surface area contributed by atoms with Crippen molar-refractivity contribution in [2.75, 3.05) is 11.4 Å². The average molecular weight is 236 g/mol. The molecule has 0 saturated carbocycles. The summed E-state index contributed by atoms with van der Waals surface area (Å²) in [6.45, 7) is 0.536. The van der Waals surface area contributed by atoms with Crippen LogP contribution >= 0.6 is 0 Å². The van der Waals surface area contributed by atoms with Crippen molar-refractivity contribution in [3.8, 4) is 0 Å². The molecule has 0 spiro atoms. The van der Waals surface area contributed by atoms with Crippen molar-refractivity contribution in [1.82, 2.24) is 0 Å². The third-order valence-corrected chi connectivity index (χ3v) is 2.92. The molecule has 1 aliphatic rings. The predicted octanol–water partition coefficient (Wildman–Crippen LogP) is 1.05. The molecule has 1 atom stereocenters. The van der Waals surface area contributed by atoms with E-state index in [1.165, 1.54) is 29.2 Å².